The van der Waals surface area contributed by atoms with Gasteiger partial charge in [0.1, 0.15) is 0 Å². The van der Waals surface area contributed by atoms with Gasteiger partial charge in [-0.15, -0.1) is 0 Å². The SMILES string of the molecule is Cc1cc(C)cc(CN(CCO)CCO)c1. The molecule has 3 heteroatoms. The number of aliphatic hydroxyl groups excluding tert-OH is 2. The minimum Gasteiger partial charge on any atom is -0.395 e. The van der Waals surface area contributed by atoms with Crippen molar-refractivity contribution in [2.75, 3.05) is 26.3 Å². The van der Waals surface area contributed by atoms with Gasteiger partial charge in [0.25, 0.3) is 0 Å². The van der Waals surface area contributed by atoms with Crippen LogP contribution in [0.1, 0.15) is 16.7 Å². The number of aryl methyl sites for hydroxylation is 2. The molecule has 3 nitrogen and oxygen atoms in total. The van der Waals surface area contributed by atoms with Crippen molar-refractivity contribution >= 4 is 0 Å². The van der Waals surface area contributed by atoms with Gasteiger partial charge in [0.05, 0.1) is 13.2 Å². The van der Waals surface area contributed by atoms with Crippen LogP contribution in [0.25, 0.3) is 0 Å². The van der Waals surface area contributed by atoms with E-state index in [2.05, 4.69) is 32.0 Å². The number of aliphatic hydroxyl groups is 2. The Labute approximate surface area is 97.3 Å². The second-order valence-electron chi connectivity index (χ2n) is 4.22. The third-order valence-corrected chi connectivity index (χ3v) is 2.52. The predicted molar refractivity (Wildman–Crippen MR) is 65.4 cm³/mol. The van der Waals surface area contributed by atoms with E-state index < -0.39 is 0 Å². The summed E-state index contributed by atoms with van der Waals surface area (Å²) in [6.07, 6.45) is 0. The van der Waals surface area contributed by atoms with E-state index in [9.17, 15) is 0 Å². The maximum absolute atomic E-state index is 8.93. The van der Waals surface area contributed by atoms with E-state index in [0.717, 1.165) is 6.54 Å². The second kappa shape index (κ2) is 6.63. The molecule has 0 radical (unpaired) electrons. The minimum absolute atomic E-state index is 0.130. The molecule has 2 N–H and O–H groups in total. The second-order valence-corrected chi connectivity index (χ2v) is 4.22. The van der Waals surface area contributed by atoms with E-state index in [1.807, 2.05) is 4.90 Å². The van der Waals surface area contributed by atoms with Crippen molar-refractivity contribution in [2.24, 2.45) is 0 Å². The summed E-state index contributed by atoms with van der Waals surface area (Å²) in [4.78, 5) is 2.05. The first kappa shape index (κ1) is 13.2. The summed E-state index contributed by atoms with van der Waals surface area (Å²) in [6.45, 7) is 6.41. The lowest BCUT2D eigenvalue weighted by Gasteiger charge is -2.20. The summed E-state index contributed by atoms with van der Waals surface area (Å²) in [5.41, 5.74) is 3.74. The standard InChI is InChI=1S/C13H21NO2/c1-11-7-12(2)9-13(8-11)10-14(3-5-15)4-6-16/h7-9,15-16H,3-6,10H2,1-2H3. The van der Waals surface area contributed by atoms with Crippen LogP contribution in [0.3, 0.4) is 0 Å². The quantitative estimate of drug-likeness (QED) is 0.758. The maximum Gasteiger partial charge on any atom is 0.0558 e. The van der Waals surface area contributed by atoms with Gasteiger partial charge in [0.2, 0.25) is 0 Å². The van der Waals surface area contributed by atoms with Crippen molar-refractivity contribution in [1.82, 2.24) is 4.90 Å². The molecule has 0 fully saturated rings. The fourth-order valence-corrected chi connectivity index (χ4v) is 1.97. The summed E-state index contributed by atoms with van der Waals surface area (Å²) in [5, 5.41) is 17.9. The Morgan fingerprint density at radius 3 is 1.88 bits per heavy atom. The van der Waals surface area contributed by atoms with Crippen LogP contribution in [0.4, 0.5) is 0 Å². The molecule has 0 unspecified atom stereocenters. The molecule has 0 aliphatic carbocycles. The molecule has 0 aliphatic heterocycles. The van der Waals surface area contributed by atoms with Crippen molar-refractivity contribution < 1.29 is 10.2 Å². The lowest BCUT2D eigenvalue weighted by molar-refractivity contribution is 0.156. The maximum atomic E-state index is 8.93. The molecular weight excluding hydrogens is 202 g/mol. The highest BCUT2D eigenvalue weighted by Gasteiger charge is 2.05. The molecule has 16 heavy (non-hydrogen) atoms. The predicted octanol–water partition coefficient (Wildman–Crippen LogP) is 1.09. The molecule has 0 aliphatic rings. The van der Waals surface area contributed by atoms with Crippen molar-refractivity contribution in [3.8, 4) is 0 Å². The van der Waals surface area contributed by atoms with Crippen LogP contribution >= 0.6 is 0 Å². The Balaban J connectivity index is 2.68. The molecule has 0 heterocycles. The van der Waals surface area contributed by atoms with E-state index in [0.29, 0.717) is 13.1 Å². The number of hydrogen-bond donors (Lipinski definition) is 2. The molecule has 1 aromatic carbocycles. The smallest absolute Gasteiger partial charge is 0.0558 e. The lowest BCUT2D eigenvalue weighted by atomic mass is 10.1. The average Bonchev–Trinajstić information content (AvgIpc) is 2.16. The van der Waals surface area contributed by atoms with Gasteiger partial charge in [-0.1, -0.05) is 29.3 Å². The van der Waals surface area contributed by atoms with Gasteiger partial charge in [-0.25, -0.2) is 0 Å². The molecule has 0 atom stereocenters. The van der Waals surface area contributed by atoms with Crippen molar-refractivity contribution in [3.63, 3.8) is 0 Å². The molecule has 1 aromatic rings. The van der Waals surface area contributed by atoms with Gasteiger partial charge < -0.3 is 10.2 Å². The third-order valence-electron chi connectivity index (χ3n) is 2.52. The molecule has 0 saturated heterocycles. The van der Waals surface area contributed by atoms with Crippen LogP contribution < -0.4 is 0 Å². The van der Waals surface area contributed by atoms with Crippen LogP contribution in [-0.4, -0.2) is 41.4 Å². The first-order chi connectivity index (χ1) is 7.65. The topological polar surface area (TPSA) is 43.7 Å². The molecule has 0 saturated carbocycles. The average molecular weight is 223 g/mol. The zero-order valence-electron chi connectivity index (χ0n) is 10.1. The Morgan fingerprint density at radius 1 is 0.938 bits per heavy atom. The van der Waals surface area contributed by atoms with Gasteiger partial charge in [-0.3, -0.25) is 4.90 Å². The van der Waals surface area contributed by atoms with E-state index in [1.165, 1.54) is 16.7 Å². The van der Waals surface area contributed by atoms with Crippen LogP contribution in [0.5, 0.6) is 0 Å². The van der Waals surface area contributed by atoms with Gasteiger partial charge in [0, 0.05) is 19.6 Å². The van der Waals surface area contributed by atoms with Crippen molar-refractivity contribution in [3.05, 3.63) is 34.9 Å². The Morgan fingerprint density at radius 2 is 1.44 bits per heavy atom. The van der Waals surface area contributed by atoms with E-state index in [4.69, 9.17) is 10.2 Å². The zero-order valence-corrected chi connectivity index (χ0v) is 10.1. The first-order valence-electron chi connectivity index (χ1n) is 5.67. The summed E-state index contributed by atoms with van der Waals surface area (Å²) in [6, 6.07) is 6.44. The largest absolute Gasteiger partial charge is 0.395 e. The molecule has 0 spiro atoms. The normalized spacial score (nSPS) is 11.1. The van der Waals surface area contributed by atoms with Gasteiger partial charge >= 0.3 is 0 Å². The zero-order chi connectivity index (χ0) is 12.0. The molecule has 0 amide bonds. The summed E-state index contributed by atoms with van der Waals surface area (Å²) in [5.74, 6) is 0. The Kier molecular flexibility index (Phi) is 5.46. The van der Waals surface area contributed by atoms with Gasteiger partial charge in [0.15, 0.2) is 0 Å². The Bertz CT molecular complexity index is 299. The van der Waals surface area contributed by atoms with Crippen LogP contribution in [-0.2, 0) is 6.54 Å². The number of hydrogen-bond acceptors (Lipinski definition) is 3. The number of rotatable bonds is 6. The van der Waals surface area contributed by atoms with Crippen LogP contribution in [0, 0.1) is 13.8 Å². The van der Waals surface area contributed by atoms with Crippen molar-refractivity contribution in [2.45, 2.75) is 20.4 Å². The highest BCUT2D eigenvalue weighted by Crippen LogP contribution is 2.11. The van der Waals surface area contributed by atoms with Crippen molar-refractivity contribution in [1.29, 1.82) is 0 Å². The van der Waals surface area contributed by atoms with E-state index in [1.54, 1.807) is 0 Å². The molecule has 0 bridgehead atoms. The molecule has 0 aromatic heterocycles. The first-order valence-corrected chi connectivity index (χ1v) is 5.67. The van der Waals surface area contributed by atoms with E-state index in [-0.39, 0.29) is 13.2 Å². The fourth-order valence-electron chi connectivity index (χ4n) is 1.97. The fraction of sp³-hybridized carbons (Fsp3) is 0.538. The van der Waals surface area contributed by atoms with Gasteiger partial charge in [-0.05, 0) is 19.4 Å². The van der Waals surface area contributed by atoms with E-state index >= 15 is 0 Å². The monoisotopic (exact) mass is 223 g/mol. The summed E-state index contributed by atoms with van der Waals surface area (Å²) in [7, 11) is 0. The number of nitrogens with zero attached hydrogens (tertiary/aromatic N) is 1. The Hall–Kier alpha value is -0.900. The number of benzene rings is 1. The highest BCUT2D eigenvalue weighted by molar-refractivity contribution is 5.28. The lowest BCUT2D eigenvalue weighted by Crippen LogP contribution is -2.29. The highest BCUT2D eigenvalue weighted by atomic mass is 16.3. The molecular formula is C13H21NO2. The third kappa shape index (κ3) is 4.31. The molecule has 90 valence electrons. The summed E-state index contributed by atoms with van der Waals surface area (Å²) < 4.78 is 0. The van der Waals surface area contributed by atoms with Crippen LogP contribution in [0.15, 0.2) is 18.2 Å². The summed E-state index contributed by atoms with van der Waals surface area (Å²) >= 11 is 0. The molecule has 1 rings (SSSR count). The van der Waals surface area contributed by atoms with Crippen LogP contribution in [0.2, 0.25) is 0 Å². The van der Waals surface area contributed by atoms with Gasteiger partial charge in [-0.2, -0.15) is 0 Å². The minimum atomic E-state index is 0.130.